The zero-order valence-electron chi connectivity index (χ0n) is 10.6. The molecule has 0 aliphatic heterocycles. The first-order valence-corrected chi connectivity index (χ1v) is 5.68. The fourth-order valence-corrected chi connectivity index (χ4v) is 1.51. The van der Waals surface area contributed by atoms with Crippen LogP contribution in [0.2, 0.25) is 0 Å². The van der Waals surface area contributed by atoms with Crippen molar-refractivity contribution in [1.82, 2.24) is 5.32 Å². The van der Waals surface area contributed by atoms with Crippen molar-refractivity contribution >= 4 is 11.8 Å². The number of nitrogens with two attached hydrogens (primary N) is 1. The van der Waals surface area contributed by atoms with E-state index in [4.69, 9.17) is 11.0 Å². The van der Waals surface area contributed by atoms with E-state index in [1.807, 2.05) is 6.07 Å². The Morgan fingerprint density at radius 1 is 1.42 bits per heavy atom. The van der Waals surface area contributed by atoms with E-state index in [0.29, 0.717) is 17.5 Å². The molecule has 1 rings (SSSR count). The number of carbonyl (C=O) groups is 2. The molecule has 5 nitrogen and oxygen atoms in total. The molecule has 1 atom stereocenters. The summed E-state index contributed by atoms with van der Waals surface area (Å²) in [6.07, 6.45) is 0.303. The molecule has 0 aromatic heterocycles. The number of hydrogen-bond donors (Lipinski definition) is 2. The molecule has 0 aliphatic rings. The summed E-state index contributed by atoms with van der Waals surface area (Å²) in [6.45, 7) is 5.44. The van der Waals surface area contributed by atoms with E-state index in [2.05, 4.69) is 11.9 Å². The highest BCUT2D eigenvalue weighted by Gasteiger charge is 2.18. The fraction of sp³-hybridized carbons (Fsp3) is 0.214. The molecule has 0 bridgehead atoms. The highest BCUT2D eigenvalue weighted by molar-refractivity contribution is 5.97. The minimum Gasteiger partial charge on any atom is -0.368 e. The van der Waals surface area contributed by atoms with E-state index < -0.39 is 17.9 Å². The highest BCUT2D eigenvalue weighted by atomic mass is 16.2. The molecule has 0 fully saturated rings. The Labute approximate surface area is 111 Å². The summed E-state index contributed by atoms with van der Waals surface area (Å²) < 4.78 is 0. The molecule has 3 N–H and O–H groups in total. The lowest BCUT2D eigenvalue weighted by atomic mass is 10.1. The Balaban J connectivity index is 2.78. The molecule has 0 spiro atoms. The minimum absolute atomic E-state index is 0.303. The molecule has 2 amide bonds. The normalized spacial score (nSPS) is 11.2. The second-order valence-electron chi connectivity index (χ2n) is 4.28. The standard InChI is InChI=1S/C14H15N3O2/c1-9(2)7-12(13(16)18)17-14(19)11-5-3-10(8-15)4-6-11/h3-6,12H,1,7H2,2H3,(H2,16,18)(H,17,19)/t12-/m0/s1. The van der Waals surface area contributed by atoms with Crippen LogP contribution in [0.5, 0.6) is 0 Å². The van der Waals surface area contributed by atoms with E-state index in [1.54, 1.807) is 6.92 Å². The molecule has 0 heterocycles. The van der Waals surface area contributed by atoms with E-state index >= 15 is 0 Å². The molecular weight excluding hydrogens is 242 g/mol. The lowest BCUT2D eigenvalue weighted by Crippen LogP contribution is -2.44. The van der Waals surface area contributed by atoms with Crippen LogP contribution in [0.1, 0.15) is 29.3 Å². The molecule has 19 heavy (non-hydrogen) atoms. The Morgan fingerprint density at radius 3 is 2.42 bits per heavy atom. The number of nitrogens with zero attached hydrogens (tertiary/aromatic N) is 1. The Bertz CT molecular complexity index is 541. The van der Waals surface area contributed by atoms with Crippen LogP contribution in [-0.2, 0) is 4.79 Å². The van der Waals surface area contributed by atoms with Gasteiger partial charge in [-0.1, -0.05) is 5.57 Å². The second kappa shape index (κ2) is 6.36. The third kappa shape index (κ3) is 4.28. The molecule has 5 heteroatoms. The molecular formula is C14H15N3O2. The summed E-state index contributed by atoms with van der Waals surface area (Å²) in [4.78, 5) is 23.1. The monoisotopic (exact) mass is 257 g/mol. The number of carbonyl (C=O) groups excluding carboxylic acids is 2. The molecule has 0 saturated heterocycles. The molecule has 1 aromatic carbocycles. The first-order chi connectivity index (χ1) is 8.93. The first kappa shape index (κ1) is 14.5. The number of nitrogens with one attached hydrogen (secondary N) is 1. The van der Waals surface area contributed by atoms with Crippen molar-refractivity contribution < 1.29 is 9.59 Å². The topological polar surface area (TPSA) is 96.0 Å². The van der Waals surface area contributed by atoms with Crippen LogP contribution in [-0.4, -0.2) is 17.9 Å². The molecule has 0 aliphatic carbocycles. The fourth-order valence-electron chi connectivity index (χ4n) is 1.51. The zero-order chi connectivity index (χ0) is 14.4. The van der Waals surface area contributed by atoms with Gasteiger partial charge in [0.1, 0.15) is 6.04 Å². The van der Waals surface area contributed by atoms with Gasteiger partial charge in [-0.05, 0) is 37.6 Å². The minimum atomic E-state index is -0.777. The van der Waals surface area contributed by atoms with Crippen LogP contribution in [0.3, 0.4) is 0 Å². The van der Waals surface area contributed by atoms with Crippen molar-refractivity contribution in [2.45, 2.75) is 19.4 Å². The number of benzene rings is 1. The third-order valence-corrected chi connectivity index (χ3v) is 2.48. The molecule has 0 saturated carbocycles. The van der Waals surface area contributed by atoms with Gasteiger partial charge in [0.2, 0.25) is 5.91 Å². The third-order valence-electron chi connectivity index (χ3n) is 2.48. The van der Waals surface area contributed by atoms with Crippen LogP contribution in [0, 0.1) is 11.3 Å². The predicted molar refractivity (Wildman–Crippen MR) is 71.0 cm³/mol. The van der Waals surface area contributed by atoms with Crippen LogP contribution in [0.4, 0.5) is 0 Å². The predicted octanol–water partition coefficient (Wildman–Crippen LogP) is 1.11. The van der Waals surface area contributed by atoms with Gasteiger partial charge in [0.05, 0.1) is 11.6 Å². The van der Waals surface area contributed by atoms with Crippen molar-refractivity contribution in [2.24, 2.45) is 5.73 Å². The largest absolute Gasteiger partial charge is 0.368 e. The number of rotatable bonds is 5. The number of nitriles is 1. The van der Waals surface area contributed by atoms with Gasteiger partial charge in [-0.15, -0.1) is 6.58 Å². The number of hydrogen-bond acceptors (Lipinski definition) is 3. The van der Waals surface area contributed by atoms with E-state index in [1.165, 1.54) is 24.3 Å². The highest BCUT2D eigenvalue weighted by Crippen LogP contribution is 2.06. The molecule has 0 unspecified atom stereocenters. The van der Waals surface area contributed by atoms with Gasteiger partial charge in [0.25, 0.3) is 5.91 Å². The maximum Gasteiger partial charge on any atom is 0.251 e. The SMILES string of the molecule is C=C(C)C[C@H](NC(=O)c1ccc(C#N)cc1)C(N)=O. The van der Waals surface area contributed by atoms with E-state index in [0.717, 1.165) is 5.57 Å². The number of primary amides is 1. The van der Waals surface area contributed by atoms with Gasteiger partial charge in [-0.2, -0.15) is 5.26 Å². The zero-order valence-corrected chi connectivity index (χ0v) is 10.6. The van der Waals surface area contributed by atoms with Crippen LogP contribution in [0.15, 0.2) is 36.4 Å². The van der Waals surface area contributed by atoms with Crippen LogP contribution < -0.4 is 11.1 Å². The van der Waals surface area contributed by atoms with Gasteiger partial charge in [0.15, 0.2) is 0 Å². The van der Waals surface area contributed by atoms with Gasteiger partial charge < -0.3 is 11.1 Å². The lowest BCUT2D eigenvalue weighted by molar-refractivity contribution is -0.119. The van der Waals surface area contributed by atoms with Crippen molar-refractivity contribution in [2.75, 3.05) is 0 Å². The summed E-state index contributed by atoms with van der Waals surface area (Å²) in [5.74, 6) is -1.01. The summed E-state index contributed by atoms with van der Waals surface area (Å²) in [7, 11) is 0. The molecule has 98 valence electrons. The summed E-state index contributed by atoms with van der Waals surface area (Å²) in [5, 5.41) is 11.2. The Hall–Kier alpha value is -2.61. The van der Waals surface area contributed by atoms with E-state index in [9.17, 15) is 9.59 Å². The van der Waals surface area contributed by atoms with Crippen LogP contribution in [0.25, 0.3) is 0 Å². The van der Waals surface area contributed by atoms with Crippen molar-refractivity contribution in [3.63, 3.8) is 0 Å². The summed E-state index contributed by atoms with van der Waals surface area (Å²) in [6, 6.07) is 7.29. The maximum atomic E-state index is 11.9. The first-order valence-electron chi connectivity index (χ1n) is 5.68. The van der Waals surface area contributed by atoms with Gasteiger partial charge in [0, 0.05) is 5.56 Å². The summed E-state index contributed by atoms with van der Waals surface area (Å²) in [5.41, 5.74) is 6.80. The van der Waals surface area contributed by atoms with Crippen molar-refractivity contribution in [3.05, 3.63) is 47.5 Å². The smallest absolute Gasteiger partial charge is 0.251 e. The van der Waals surface area contributed by atoms with Gasteiger partial charge >= 0.3 is 0 Å². The van der Waals surface area contributed by atoms with Crippen molar-refractivity contribution in [1.29, 1.82) is 5.26 Å². The van der Waals surface area contributed by atoms with Gasteiger partial charge in [-0.3, -0.25) is 9.59 Å². The molecule has 0 radical (unpaired) electrons. The summed E-state index contributed by atoms with van der Waals surface area (Å²) >= 11 is 0. The van der Waals surface area contributed by atoms with E-state index in [-0.39, 0.29) is 0 Å². The quantitative estimate of drug-likeness (QED) is 0.773. The lowest BCUT2D eigenvalue weighted by Gasteiger charge is -2.15. The Kier molecular flexibility index (Phi) is 4.84. The second-order valence-corrected chi connectivity index (χ2v) is 4.28. The average Bonchev–Trinajstić information content (AvgIpc) is 2.37. The van der Waals surface area contributed by atoms with Crippen LogP contribution >= 0.6 is 0 Å². The number of amides is 2. The molecule has 1 aromatic rings. The van der Waals surface area contributed by atoms with Gasteiger partial charge in [-0.25, -0.2) is 0 Å². The average molecular weight is 257 g/mol. The van der Waals surface area contributed by atoms with Crippen molar-refractivity contribution in [3.8, 4) is 6.07 Å². The Morgan fingerprint density at radius 2 is 2.00 bits per heavy atom. The maximum absolute atomic E-state index is 11.9.